The van der Waals surface area contributed by atoms with Crippen molar-refractivity contribution in [1.29, 1.82) is 0 Å². The highest BCUT2D eigenvalue weighted by Crippen LogP contribution is 2.28. The summed E-state index contributed by atoms with van der Waals surface area (Å²) in [5.74, 6) is 0. The first kappa shape index (κ1) is 13.4. The smallest absolute Gasteiger partial charge is 0.0522 e. The Labute approximate surface area is 117 Å². The molecule has 0 saturated heterocycles. The van der Waals surface area contributed by atoms with E-state index in [0.717, 1.165) is 12.0 Å². The summed E-state index contributed by atoms with van der Waals surface area (Å²) in [6, 6.07) is 5.74. The minimum atomic E-state index is 0.152. The molecule has 0 amide bonds. The summed E-state index contributed by atoms with van der Waals surface area (Å²) in [4.78, 5) is 0. The van der Waals surface area contributed by atoms with Gasteiger partial charge in [0.15, 0.2) is 0 Å². The van der Waals surface area contributed by atoms with E-state index in [1.807, 2.05) is 38.6 Å². The van der Waals surface area contributed by atoms with Crippen molar-refractivity contribution in [2.24, 2.45) is 7.05 Å². The predicted octanol–water partition coefficient (Wildman–Crippen LogP) is 3.23. The fraction of sp³-hybridized carbons (Fsp3) is 0.308. The summed E-state index contributed by atoms with van der Waals surface area (Å²) in [5.41, 5.74) is 2.22. The number of nitrogens with one attached hydrogen (secondary N) is 1. The largest absolute Gasteiger partial charge is 0.313 e. The van der Waals surface area contributed by atoms with E-state index >= 15 is 0 Å². The predicted molar refractivity (Wildman–Crippen MR) is 75.2 cm³/mol. The second-order valence-corrected chi connectivity index (χ2v) is 5.08. The van der Waals surface area contributed by atoms with E-state index < -0.39 is 0 Å². The molecule has 0 spiro atoms. The standard InChI is InChI=1S/C13H15Cl2N3/c1-16-13(5-9-7-17-18(2)8-9)11-4-3-10(14)6-12(11)15/h3-4,6-8,13,16H,5H2,1-2H3. The van der Waals surface area contributed by atoms with E-state index in [9.17, 15) is 0 Å². The number of likely N-dealkylation sites (N-methyl/N-ethyl adjacent to an activating group) is 1. The second-order valence-electron chi connectivity index (χ2n) is 4.23. The third kappa shape index (κ3) is 3.05. The molecule has 2 rings (SSSR count). The number of rotatable bonds is 4. The molecule has 0 aliphatic carbocycles. The van der Waals surface area contributed by atoms with Crippen molar-refractivity contribution in [2.75, 3.05) is 7.05 Å². The summed E-state index contributed by atoms with van der Waals surface area (Å²) in [7, 11) is 3.83. The molecule has 1 atom stereocenters. The Hall–Kier alpha value is -1.03. The summed E-state index contributed by atoms with van der Waals surface area (Å²) >= 11 is 12.1. The Morgan fingerprint density at radius 2 is 2.17 bits per heavy atom. The maximum atomic E-state index is 6.23. The first-order valence-electron chi connectivity index (χ1n) is 5.70. The Bertz CT molecular complexity index is 537. The first-order valence-corrected chi connectivity index (χ1v) is 6.45. The van der Waals surface area contributed by atoms with Crippen LogP contribution in [-0.4, -0.2) is 16.8 Å². The quantitative estimate of drug-likeness (QED) is 0.934. The zero-order valence-corrected chi connectivity index (χ0v) is 11.8. The van der Waals surface area contributed by atoms with Gasteiger partial charge in [-0.3, -0.25) is 4.68 Å². The van der Waals surface area contributed by atoms with Crippen LogP contribution in [-0.2, 0) is 13.5 Å². The van der Waals surface area contributed by atoms with E-state index in [1.54, 1.807) is 10.7 Å². The van der Waals surface area contributed by atoms with Crippen molar-refractivity contribution < 1.29 is 0 Å². The SMILES string of the molecule is CNC(Cc1cnn(C)c1)c1ccc(Cl)cc1Cl. The zero-order valence-electron chi connectivity index (χ0n) is 10.3. The molecule has 0 saturated carbocycles. The average molecular weight is 284 g/mol. The molecule has 1 unspecified atom stereocenters. The van der Waals surface area contributed by atoms with Crippen molar-refractivity contribution in [3.05, 3.63) is 51.8 Å². The van der Waals surface area contributed by atoms with Crippen LogP contribution in [0.4, 0.5) is 0 Å². The van der Waals surface area contributed by atoms with Crippen molar-refractivity contribution in [3.8, 4) is 0 Å². The van der Waals surface area contributed by atoms with Crippen LogP contribution < -0.4 is 5.32 Å². The van der Waals surface area contributed by atoms with Gasteiger partial charge in [-0.05, 0) is 36.7 Å². The number of hydrogen-bond donors (Lipinski definition) is 1. The van der Waals surface area contributed by atoms with Crippen molar-refractivity contribution in [2.45, 2.75) is 12.5 Å². The van der Waals surface area contributed by atoms with Crippen molar-refractivity contribution in [3.63, 3.8) is 0 Å². The summed E-state index contributed by atoms with van der Waals surface area (Å²) in [5, 5.41) is 8.78. The lowest BCUT2D eigenvalue weighted by Gasteiger charge is -2.17. The Morgan fingerprint density at radius 1 is 1.39 bits per heavy atom. The number of aryl methyl sites for hydroxylation is 1. The van der Waals surface area contributed by atoms with E-state index in [0.29, 0.717) is 10.0 Å². The number of benzene rings is 1. The molecule has 1 heterocycles. The maximum absolute atomic E-state index is 6.23. The van der Waals surface area contributed by atoms with Crippen LogP contribution in [0.15, 0.2) is 30.6 Å². The number of hydrogen-bond acceptors (Lipinski definition) is 2. The molecule has 3 nitrogen and oxygen atoms in total. The van der Waals surface area contributed by atoms with Crippen LogP contribution in [0.25, 0.3) is 0 Å². The Balaban J connectivity index is 2.22. The monoisotopic (exact) mass is 283 g/mol. The lowest BCUT2D eigenvalue weighted by atomic mass is 10.0. The summed E-state index contributed by atoms with van der Waals surface area (Å²) in [6.07, 6.45) is 4.72. The molecule has 1 aromatic heterocycles. The zero-order chi connectivity index (χ0) is 13.1. The van der Waals surface area contributed by atoms with Gasteiger partial charge in [-0.15, -0.1) is 0 Å². The number of aromatic nitrogens is 2. The molecule has 96 valence electrons. The molecule has 5 heteroatoms. The van der Waals surface area contributed by atoms with E-state index in [-0.39, 0.29) is 6.04 Å². The first-order chi connectivity index (χ1) is 8.60. The lowest BCUT2D eigenvalue weighted by molar-refractivity contribution is 0.592. The van der Waals surface area contributed by atoms with Gasteiger partial charge in [0.25, 0.3) is 0 Å². The van der Waals surface area contributed by atoms with Crippen LogP contribution in [0.1, 0.15) is 17.2 Å². The fourth-order valence-corrected chi connectivity index (χ4v) is 2.50. The topological polar surface area (TPSA) is 29.9 Å². The third-order valence-electron chi connectivity index (χ3n) is 2.88. The summed E-state index contributed by atoms with van der Waals surface area (Å²) in [6.45, 7) is 0. The molecule has 0 radical (unpaired) electrons. The maximum Gasteiger partial charge on any atom is 0.0522 e. The molecule has 18 heavy (non-hydrogen) atoms. The molecule has 1 N–H and O–H groups in total. The van der Waals surface area contributed by atoms with Crippen LogP contribution in [0.3, 0.4) is 0 Å². The van der Waals surface area contributed by atoms with E-state index in [4.69, 9.17) is 23.2 Å². The normalized spacial score (nSPS) is 12.7. The molecule has 0 bridgehead atoms. The van der Waals surface area contributed by atoms with E-state index in [2.05, 4.69) is 10.4 Å². The van der Waals surface area contributed by atoms with Gasteiger partial charge in [-0.1, -0.05) is 29.3 Å². The fourth-order valence-electron chi connectivity index (χ4n) is 1.96. The molecular formula is C13H15Cl2N3. The van der Waals surface area contributed by atoms with Crippen LogP contribution >= 0.6 is 23.2 Å². The Morgan fingerprint density at radius 3 is 2.72 bits per heavy atom. The van der Waals surface area contributed by atoms with Crippen LogP contribution in [0.2, 0.25) is 10.0 Å². The number of nitrogens with zero attached hydrogens (tertiary/aromatic N) is 2. The van der Waals surface area contributed by atoms with Gasteiger partial charge in [-0.25, -0.2) is 0 Å². The third-order valence-corrected chi connectivity index (χ3v) is 3.45. The van der Waals surface area contributed by atoms with Gasteiger partial charge in [0, 0.05) is 29.3 Å². The van der Waals surface area contributed by atoms with Gasteiger partial charge >= 0.3 is 0 Å². The van der Waals surface area contributed by atoms with Gasteiger partial charge in [0.05, 0.1) is 6.20 Å². The average Bonchev–Trinajstić information content (AvgIpc) is 2.72. The lowest BCUT2D eigenvalue weighted by Crippen LogP contribution is -2.19. The minimum absolute atomic E-state index is 0.152. The second kappa shape index (κ2) is 5.74. The molecule has 0 aliphatic heterocycles. The van der Waals surface area contributed by atoms with E-state index in [1.165, 1.54) is 5.56 Å². The van der Waals surface area contributed by atoms with Crippen LogP contribution in [0.5, 0.6) is 0 Å². The van der Waals surface area contributed by atoms with Gasteiger partial charge in [0.2, 0.25) is 0 Å². The van der Waals surface area contributed by atoms with Gasteiger partial charge in [0.1, 0.15) is 0 Å². The number of halogens is 2. The molecule has 2 aromatic rings. The molecule has 0 fully saturated rings. The molecule has 0 aliphatic rings. The minimum Gasteiger partial charge on any atom is -0.313 e. The molecule has 1 aromatic carbocycles. The summed E-state index contributed by atoms with van der Waals surface area (Å²) < 4.78 is 1.80. The highest BCUT2D eigenvalue weighted by molar-refractivity contribution is 6.35. The van der Waals surface area contributed by atoms with Crippen molar-refractivity contribution in [1.82, 2.24) is 15.1 Å². The van der Waals surface area contributed by atoms with Gasteiger partial charge in [-0.2, -0.15) is 5.10 Å². The van der Waals surface area contributed by atoms with Crippen molar-refractivity contribution >= 4 is 23.2 Å². The molecular weight excluding hydrogens is 269 g/mol. The van der Waals surface area contributed by atoms with Gasteiger partial charge < -0.3 is 5.32 Å². The van der Waals surface area contributed by atoms with Crippen LogP contribution in [0, 0.1) is 0 Å². The Kier molecular flexibility index (Phi) is 4.27. The highest BCUT2D eigenvalue weighted by Gasteiger charge is 2.14. The highest BCUT2D eigenvalue weighted by atomic mass is 35.5.